The number of aryl methyl sites for hydroxylation is 1. The Balaban J connectivity index is 1.81. The summed E-state index contributed by atoms with van der Waals surface area (Å²) in [6.45, 7) is 1.91. The van der Waals surface area contributed by atoms with Crippen LogP contribution >= 0.6 is 22.9 Å². The quantitative estimate of drug-likeness (QED) is 0.487. The largest absolute Gasteiger partial charge is 0.340 e. The molecule has 3 nitrogen and oxygen atoms in total. The van der Waals surface area contributed by atoms with Crippen LogP contribution < -0.4 is 5.32 Å². The summed E-state index contributed by atoms with van der Waals surface area (Å²) in [5, 5.41) is 5.07. The smallest absolute Gasteiger partial charge is 0.142 e. The van der Waals surface area contributed by atoms with Gasteiger partial charge in [0.05, 0.1) is 5.39 Å². The number of halogens is 1. The van der Waals surface area contributed by atoms with Crippen LogP contribution in [0.25, 0.3) is 20.7 Å². The lowest BCUT2D eigenvalue weighted by Crippen LogP contribution is -1.97. The Morgan fingerprint density at radius 2 is 1.79 bits per heavy atom. The lowest BCUT2D eigenvalue weighted by molar-refractivity contribution is 1.10. The number of hydrogen-bond acceptors (Lipinski definition) is 4. The molecular weight excluding hydrogens is 338 g/mol. The fourth-order valence-electron chi connectivity index (χ4n) is 2.57. The van der Waals surface area contributed by atoms with Crippen LogP contribution in [-0.4, -0.2) is 9.97 Å². The van der Waals surface area contributed by atoms with Crippen LogP contribution in [0.15, 0.2) is 60.7 Å². The molecule has 0 radical (unpaired) electrons. The van der Waals surface area contributed by atoms with Crippen molar-refractivity contribution in [1.82, 2.24) is 9.97 Å². The number of benzene rings is 2. The lowest BCUT2D eigenvalue weighted by Gasteiger charge is -2.07. The van der Waals surface area contributed by atoms with Crippen molar-refractivity contribution in [3.63, 3.8) is 0 Å². The molecule has 1 N–H and O–H groups in total. The molecule has 4 aromatic rings. The number of thiophene rings is 1. The fraction of sp³-hybridized carbons (Fsp3) is 0.0526. The first kappa shape index (κ1) is 15.1. The van der Waals surface area contributed by atoms with Crippen LogP contribution in [0.5, 0.6) is 0 Å². The molecule has 2 aromatic carbocycles. The van der Waals surface area contributed by atoms with E-state index in [0.717, 1.165) is 27.5 Å². The Morgan fingerprint density at radius 3 is 2.58 bits per heavy atom. The SMILES string of the molecule is Cc1nc(Nc2cccc(Cl)c2)c2cc(-c3ccccc3)sc2n1. The van der Waals surface area contributed by atoms with E-state index in [2.05, 4.69) is 33.5 Å². The van der Waals surface area contributed by atoms with Crippen molar-refractivity contribution < 1.29 is 0 Å². The summed E-state index contributed by atoms with van der Waals surface area (Å²) in [4.78, 5) is 11.3. The van der Waals surface area contributed by atoms with Crippen molar-refractivity contribution in [3.8, 4) is 10.4 Å². The average Bonchev–Trinajstić information content (AvgIpc) is 3.00. The predicted molar refractivity (Wildman–Crippen MR) is 102 cm³/mol. The van der Waals surface area contributed by atoms with Crippen molar-refractivity contribution in [2.75, 3.05) is 5.32 Å². The number of aromatic nitrogens is 2. The third-order valence-electron chi connectivity index (χ3n) is 3.65. The molecule has 118 valence electrons. The van der Waals surface area contributed by atoms with Gasteiger partial charge in [-0.25, -0.2) is 9.97 Å². The molecule has 0 saturated heterocycles. The van der Waals surface area contributed by atoms with Gasteiger partial charge in [0.1, 0.15) is 16.5 Å². The standard InChI is InChI=1S/C19H14ClN3S/c1-12-21-18(23-15-9-5-8-14(20)10-15)16-11-17(24-19(16)22-12)13-6-3-2-4-7-13/h2-11H,1H3,(H,21,22,23). The Morgan fingerprint density at radius 1 is 0.958 bits per heavy atom. The van der Waals surface area contributed by atoms with Gasteiger partial charge in [-0.2, -0.15) is 0 Å². The molecular formula is C19H14ClN3S. The van der Waals surface area contributed by atoms with Gasteiger partial charge in [-0.15, -0.1) is 11.3 Å². The number of rotatable bonds is 3. The third-order valence-corrected chi connectivity index (χ3v) is 4.96. The van der Waals surface area contributed by atoms with Gasteiger partial charge < -0.3 is 5.32 Å². The van der Waals surface area contributed by atoms with Gasteiger partial charge in [0, 0.05) is 15.6 Å². The Hall–Kier alpha value is -2.43. The average molecular weight is 352 g/mol. The Bertz CT molecular complexity index is 1010. The molecule has 0 aliphatic carbocycles. The zero-order valence-corrected chi connectivity index (χ0v) is 14.5. The van der Waals surface area contributed by atoms with E-state index in [0.29, 0.717) is 5.02 Å². The monoisotopic (exact) mass is 351 g/mol. The second-order valence-electron chi connectivity index (χ2n) is 5.45. The minimum absolute atomic E-state index is 0.692. The molecule has 0 fully saturated rings. The lowest BCUT2D eigenvalue weighted by atomic mass is 10.2. The van der Waals surface area contributed by atoms with E-state index in [1.165, 1.54) is 10.4 Å². The molecule has 0 bridgehead atoms. The van der Waals surface area contributed by atoms with Crippen molar-refractivity contribution >= 4 is 44.7 Å². The van der Waals surface area contributed by atoms with Crippen molar-refractivity contribution in [2.45, 2.75) is 6.92 Å². The summed E-state index contributed by atoms with van der Waals surface area (Å²) in [6.07, 6.45) is 0. The Kier molecular flexibility index (Phi) is 3.92. The molecule has 0 aliphatic rings. The van der Waals surface area contributed by atoms with Gasteiger partial charge in [0.25, 0.3) is 0 Å². The van der Waals surface area contributed by atoms with Crippen molar-refractivity contribution in [3.05, 3.63) is 71.5 Å². The van der Waals surface area contributed by atoms with Crippen LogP contribution in [0.2, 0.25) is 5.02 Å². The first-order chi connectivity index (χ1) is 11.7. The van der Waals surface area contributed by atoms with E-state index >= 15 is 0 Å². The van der Waals surface area contributed by atoms with Crippen LogP contribution in [-0.2, 0) is 0 Å². The van der Waals surface area contributed by atoms with Gasteiger partial charge in [0.15, 0.2) is 0 Å². The fourth-order valence-corrected chi connectivity index (χ4v) is 3.84. The number of nitrogens with zero attached hydrogens (tertiary/aromatic N) is 2. The minimum atomic E-state index is 0.692. The van der Waals surface area contributed by atoms with Gasteiger partial charge >= 0.3 is 0 Å². The molecule has 0 spiro atoms. The molecule has 0 amide bonds. The van der Waals surface area contributed by atoms with E-state index in [9.17, 15) is 0 Å². The first-order valence-corrected chi connectivity index (χ1v) is 8.75. The number of fused-ring (bicyclic) bond motifs is 1. The normalized spacial score (nSPS) is 10.9. The first-order valence-electron chi connectivity index (χ1n) is 7.55. The highest BCUT2D eigenvalue weighted by atomic mass is 35.5. The van der Waals surface area contributed by atoms with E-state index in [-0.39, 0.29) is 0 Å². The zero-order valence-electron chi connectivity index (χ0n) is 13.0. The summed E-state index contributed by atoms with van der Waals surface area (Å²) in [7, 11) is 0. The van der Waals surface area contributed by atoms with Gasteiger partial charge in [-0.3, -0.25) is 0 Å². The molecule has 0 aliphatic heterocycles. The molecule has 0 unspecified atom stereocenters. The number of hydrogen-bond donors (Lipinski definition) is 1. The number of nitrogens with one attached hydrogen (secondary N) is 1. The highest BCUT2D eigenvalue weighted by Crippen LogP contribution is 2.36. The molecule has 5 heteroatoms. The highest BCUT2D eigenvalue weighted by Gasteiger charge is 2.12. The van der Waals surface area contributed by atoms with Gasteiger partial charge in [-0.1, -0.05) is 48.0 Å². The van der Waals surface area contributed by atoms with Crippen LogP contribution in [0.3, 0.4) is 0 Å². The summed E-state index contributed by atoms with van der Waals surface area (Å²) < 4.78 is 0. The van der Waals surface area contributed by atoms with Crippen molar-refractivity contribution in [1.29, 1.82) is 0 Å². The third kappa shape index (κ3) is 2.98. The highest BCUT2D eigenvalue weighted by molar-refractivity contribution is 7.21. The van der Waals surface area contributed by atoms with Crippen LogP contribution in [0.4, 0.5) is 11.5 Å². The maximum Gasteiger partial charge on any atom is 0.142 e. The second kappa shape index (κ2) is 6.23. The van der Waals surface area contributed by atoms with Gasteiger partial charge in [0.2, 0.25) is 0 Å². The van der Waals surface area contributed by atoms with E-state index in [1.54, 1.807) is 11.3 Å². The summed E-state index contributed by atoms with van der Waals surface area (Å²) in [5.41, 5.74) is 2.10. The van der Waals surface area contributed by atoms with Gasteiger partial charge in [-0.05, 0) is 36.8 Å². The van der Waals surface area contributed by atoms with Crippen molar-refractivity contribution in [2.24, 2.45) is 0 Å². The maximum atomic E-state index is 6.07. The molecule has 24 heavy (non-hydrogen) atoms. The Labute approximate surface area is 149 Å². The second-order valence-corrected chi connectivity index (χ2v) is 6.92. The molecule has 0 atom stereocenters. The maximum absolute atomic E-state index is 6.07. The summed E-state index contributed by atoms with van der Waals surface area (Å²) in [5.74, 6) is 1.55. The number of anilines is 2. The topological polar surface area (TPSA) is 37.8 Å². The minimum Gasteiger partial charge on any atom is -0.340 e. The molecule has 0 saturated carbocycles. The molecule has 4 rings (SSSR count). The van der Waals surface area contributed by atoms with E-state index in [4.69, 9.17) is 11.6 Å². The summed E-state index contributed by atoms with van der Waals surface area (Å²) in [6, 6.07) is 20.1. The van der Waals surface area contributed by atoms with Crippen LogP contribution in [0.1, 0.15) is 5.82 Å². The zero-order chi connectivity index (χ0) is 16.5. The predicted octanol–water partition coefficient (Wildman–Crippen LogP) is 6.06. The van der Waals surface area contributed by atoms with Crippen LogP contribution in [0, 0.1) is 6.92 Å². The molecule has 2 heterocycles. The van der Waals surface area contributed by atoms with E-state index < -0.39 is 0 Å². The summed E-state index contributed by atoms with van der Waals surface area (Å²) >= 11 is 7.75. The molecule has 2 aromatic heterocycles. The van der Waals surface area contributed by atoms with E-state index in [1.807, 2.05) is 49.4 Å².